The lowest BCUT2D eigenvalue weighted by molar-refractivity contribution is -0.114. The van der Waals surface area contributed by atoms with Crippen LogP contribution in [0.5, 0.6) is 0 Å². The zero-order valence-corrected chi connectivity index (χ0v) is 7.97. The highest BCUT2D eigenvalue weighted by Crippen LogP contribution is 2.21. The van der Waals surface area contributed by atoms with Gasteiger partial charge in [0.1, 0.15) is 0 Å². The number of halogens is 1. The molecule has 0 heterocycles. The van der Waals surface area contributed by atoms with Gasteiger partial charge in [-0.25, -0.2) is 0 Å². The van der Waals surface area contributed by atoms with Gasteiger partial charge in [0.05, 0.1) is 0 Å². The molecule has 1 aliphatic carbocycles. The van der Waals surface area contributed by atoms with Gasteiger partial charge in [-0.05, 0) is 29.3 Å². The molecule has 2 heteroatoms. The van der Waals surface area contributed by atoms with Gasteiger partial charge in [-0.15, -0.1) is 0 Å². The second kappa shape index (κ2) is 2.87. The zero-order valence-electron chi connectivity index (χ0n) is 6.38. The van der Waals surface area contributed by atoms with Gasteiger partial charge in [0.15, 0.2) is 5.78 Å². The number of hydrogen-bond acceptors (Lipinski definition) is 1. The van der Waals surface area contributed by atoms with E-state index < -0.39 is 0 Å². The summed E-state index contributed by atoms with van der Waals surface area (Å²) < 4.78 is 1.03. The molecule has 0 N–H and O–H groups in total. The summed E-state index contributed by atoms with van der Waals surface area (Å²) in [6.07, 6.45) is 4.04. The van der Waals surface area contributed by atoms with Crippen molar-refractivity contribution in [2.45, 2.75) is 6.42 Å². The van der Waals surface area contributed by atoms with Crippen molar-refractivity contribution in [3.63, 3.8) is 0 Å². The molecule has 0 bridgehead atoms. The highest BCUT2D eigenvalue weighted by molar-refractivity contribution is 9.10. The van der Waals surface area contributed by atoms with Gasteiger partial charge in [-0.3, -0.25) is 4.79 Å². The summed E-state index contributed by atoms with van der Waals surface area (Å²) in [6.45, 7) is 0. The fourth-order valence-corrected chi connectivity index (χ4v) is 1.73. The van der Waals surface area contributed by atoms with Crippen molar-refractivity contribution >= 4 is 27.8 Å². The largest absolute Gasteiger partial charge is 0.294 e. The van der Waals surface area contributed by atoms with Crippen molar-refractivity contribution in [2.24, 2.45) is 0 Å². The summed E-state index contributed by atoms with van der Waals surface area (Å²) in [5.74, 6) is 0.181. The molecule has 0 fully saturated rings. The third-order valence-corrected chi connectivity index (χ3v) is 2.41. The van der Waals surface area contributed by atoms with Crippen LogP contribution in [-0.2, 0) is 11.2 Å². The van der Waals surface area contributed by atoms with E-state index in [0.717, 1.165) is 15.6 Å². The Hall–Kier alpha value is -0.890. The van der Waals surface area contributed by atoms with Crippen LogP contribution in [0.2, 0.25) is 0 Å². The summed E-state index contributed by atoms with van der Waals surface area (Å²) in [4.78, 5) is 11.0. The van der Waals surface area contributed by atoms with Gasteiger partial charge in [0.2, 0.25) is 0 Å². The molecule has 0 unspecified atom stereocenters. The second-order valence-electron chi connectivity index (χ2n) is 2.82. The molecule has 0 radical (unpaired) electrons. The minimum atomic E-state index is 0.181. The lowest BCUT2D eigenvalue weighted by atomic mass is 9.97. The summed E-state index contributed by atoms with van der Waals surface area (Å²) in [5, 5.41) is 0. The Labute approximate surface area is 79.2 Å². The Kier molecular flexibility index (Phi) is 1.85. The van der Waals surface area contributed by atoms with Crippen molar-refractivity contribution in [1.29, 1.82) is 0 Å². The van der Waals surface area contributed by atoms with Crippen molar-refractivity contribution in [3.05, 3.63) is 39.9 Å². The predicted molar refractivity (Wildman–Crippen MR) is 51.9 cm³/mol. The third kappa shape index (κ3) is 1.34. The number of hydrogen-bond donors (Lipinski definition) is 0. The lowest BCUT2D eigenvalue weighted by Crippen LogP contribution is -2.04. The molecule has 1 aromatic rings. The SMILES string of the molecule is O=C1C=Cc2ccc(Br)cc2C1. The minimum absolute atomic E-state index is 0.181. The first-order chi connectivity index (χ1) is 5.75. The standard InChI is InChI=1S/C10H7BrO/c11-9-3-1-7-2-4-10(12)6-8(7)5-9/h1-5H,6H2. The van der Waals surface area contributed by atoms with Crippen LogP contribution < -0.4 is 0 Å². The topological polar surface area (TPSA) is 17.1 Å². The minimum Gasteiger partial charge on any atom is -0.294 e. The highest BCUT2D eigenvalue weighted by atomic mass is 79.9. The van der Waals surface area contributed by atoms with Gasteiger partial charge in [0, 0.05) is 10.9 Å². The van der Waals surface area contributed by atoms with E-state index >= 15 is 0 Å². The molecule has 60 valence electrons. The molecular formula is C10H7BrO. The molecular weight excluding hydrogens is 216 g/mol. The van der Waals surface area contributed by atoms with Crippen molar-refractivity contribution in [2.75, 3.05) is 0 Å². The Balaban J connectivity index is 2.54. The maximum Gasteiger partial charge on any atom is 0.160 e. The predicted octanol–water partition coefficient (Wildman–Crippen LogP) is 2.59. The first-order valence-electron chi connectivity index (χ1n) is 3.75. The van der Waals surface area contributed by atoms with Crippen LogP contribution in [0.1, 0.15) is 11.1 Å². The maximum atomic E-state index is 11.0. The second-order valence-corrected chi connectivity index (χ2v) is 3.74. The molecule has 0 saturated carbocycles. The van der Waals surface area contributed by atoms with Gasteiger partial charge in [0.25, 0.3) is 0 Å². The average molecular weight is 223 g/mol. The fraction of sp³-hybridized carbons (Fsp3) is 0.100. The Morgan fingerprint density at radius 1 is 1.25 bits per heavy atom. The normalized spacial score (nSPS) is 14.6. The molecule has 0 spiro atoms. The number of benzene rings is 1. The quantitative estimate of drug-likeness (QED) is 0.660. The van der Waals surface area contributed by atoms with Crippen LogP contribution in [-0.4, -0.2) is 5.78 Å². The molecule has 0 amide bonds. The van der Waals surface area contributed by atoms with E-state index in [1.54, 1.807) is 6.08 Å². The molecule has 1 nitrogen and oxygen atoms in total. The zero-order chi connectivity index (χ0) is 8.55. The summed E-state index contributed by atoms with van der Waals surface area (Å²) in [5.41, 5.74) is 2.26. The first-order valence-corrected chi connectivity index (χ1v) is 4.54. The Morgan fingerprint density at radius 3 is 2.92 bits per heavy atom. The van der Waals surface area contributed by atoms with Crippen LogP contribution in [0.4, 0.5) is 0 Å². The van der Waals surface area contributed by atoms with Gasteiger partial charge in [-0.1, -0.05) is 28.1 Å². The summed E-state index contributed by atoms with van der Waals surface area (Å²) >= 11 is 3.37. The Bertz CT molecular complexity index is 366. The van der Waals surface area contributed by atoms with E-state index in [1.807, 2.05) is 24.3 Å². The third-order valence-electron chi connectivity index (χ3n) is 1.92. The Morgan fingerprint density at radius 2 is 2.08 bits per heavy atom. The molecule has 1 aromatic carbocycles. The van der Waals surface area contributed by atoms with Crippen molar-refractivity contribution < 1.29 is 4.79 Å². The molecule has 12 heavy (non-hydrogen) atoms. The van der Waals surface area contributed by atoms with Crippen LogP contribution >= 0.6 is 15.9 Å². The van der Waals surface area contributed by atoms with E-state index in [0.29, 0.717) is 6.42 Å². The van der Waals surface area contributed by atoms with E-state index in [-0.39, 0.29) is 5.78 Å². The summed E-state index contributed by atoms with van der Waals surface area (Å²) in [7, 11) is 0. The van der Waals surface area contributed by atoms with E-state index in [2.05, 4.69) is 15.9 Å². The summed E-state index contributed by atoms with van der Waals surface area (Å²) in [6, 6.07) is 6.00. The van der Waals surface area contributed by atoms with Gasteiger partial charge >= 0.3 is 0 Å². The number of ketones is 1. The monoisotopic (exact) mass is 222 g/mol. The van der Waals surface area contributed by atoms with Gasteiger partial charge in [-0.2, -0.15) is 0 Å². The molecule has 0 aliphatic heterocycles. The number of fused-ring (bicyclic) bond motifs is 1. The first kappa shape index (κ1) is 7.74. The van der Waals surface area contributed by atoms with Gasteiger partial charge < -0.3 is 0 Å². The number of allylic oxidation sites excluding steroid dienone is 1. The number of rotatable bonds is 0. The molecule has 0 saturated heterocycles. The van der Waals surface area contributed by atoms with E-state index in [1.165, 1.54) is 0 Å². The molecule has 0 aromatic heterocycles. The van der Waals surface area contributed by atoms with Crippen LogP contribution in [0.3, 0.4) is 0 Å². The number of carbonyl (C=O) groups excluding carboxylic acids is 1. The van der Waals surface area contributed by atoms with Crippen molar-refractivity contribution in [1.82, 2.24) is 0 Å². The highest BCUT2D eigenvalue weighted by Gasteiger charge is 2.09. The lowest BCUT2D eigenvalue weighted by Gasteiger charge is -2.08. The van der Waals surface area contributed by atoms with Crippen LogP contribution in [0.25, 0.3) is 6.08 Å². The van der Waals surface area contributed by atoms with Crippen molar-refractivity contribution in [3.8, 4) is 0 Å². The van der Waals surface area contributed by atoms with E-state index in [4.69, 9.17) is 0 Å². The smallest absolute Gasteiger partial charge is 0.160 e. The van der Waals surface area contributed by atoms with Crippen LogP contribution in [0.15, 0.2) is 28.7 Å². The van der Waals surface area contributed by atoms with E-state index in [9.17, 15) is 4.79 Å². The molecule has 1 aliphatic rings. The maximum absolute atomic E-state index is 11.0. The average Bonchev–Trinajstić information content (AvgIpc) is 2.03. The molecule has 0 atom stereocenters. The molecule has 2 rings (SSSR count). The fourth-order valence-electron chi connectivity index (χ4n) is 1.32. The van der Waals surface area contributed by atoms with Crippen LogP contribution in [0, 0.1) is 0 Å². The number of carbonyl (C=O) groups is 1.